The molecule has 0 amide bonds. The van der Waals surface area contributed by atoms with Gasteiger partial charge in [-0.1, -0.05) is 26.0 Å². The van der Waals surface area contributed by atoms with Crippen molar-refractivity contribution in [3.63, 3.8) is 0 Å². The van der Waals surface area contributed by atoms with Crippen LogP contribution in [0.3, 0.4) is 0 Å². The van der Waals surface area contributed by atoms with Gasteiger partial charge in [-0.05, 0) is 24.1 Å². The molecule has 17 heavy (non-hydrogen) atoms. The van der Waals surface area contributed by atoms with Crippen molar-refractivity contribution in [2.45, 2.75) is 31.5 Å². The van der Waals surface area contributed by atoms with Gasteiger partial charge in [-0.25, -0.2) is 8.42 Å². The molecule has 0 unspecified atom stereocenters. The molecule has 0 fully saturated rings. The lowest BCUT2D eigenvalue weighted by Crippen LogP contribution is -2.31. The van der Waals surface area contributed by atoms with E-state index in [9.17, 15) is 8.42 Å². The van der Waals surface area contributed by atoms with E-state index in [0.717, 1.165) is 11.1 Å². The molecule has 0 spiro atoms. The Morgan fingerprint density at radius 2 is 1.82 bits per heavy atom. The van der Waals surface area contributed by atoms with Gasteiger partial charge in [-0.3, -0.25) is 0 Å². The standard InChI is InChI=1S/C12H18ClNO2S/c1-4-14(5-2)17(15,16)12-8-11(9-13)7-6-10(12)3/h6-8H,4-5,9H2,1-3H3. The highest BCUT2D eigenvalue weighted by atomic mass is 35.5. The van der Waals surface area contributed by atoms with Gasteiger partial charge in [0.1, 0.15) is 0 Å². The Morgan fingerprint density at radius 1 is 1.24 bits per heavy atom. The molecule has 0 atom stereocenters. The number of benzene rings is 1. The number of rotatable bonds is 5. The van der Waals surface area contributed by atoms with Crippen LogP contribution in [0.15, 0.2) is 23.1 Å². The maximum Gasteiger partial charge on any atom is 0.243 e. The fraction of sp³-hybridized carbons (Fsp3) is 0.500. The molecule has 0 saturated heterocycles. The maximum absolute atomic E-state index is 12.4. The first-order valence-corrected chi connectivity index (χ1v) is 7.60. The minimum Gasteiger partial charge on any atom is -0.207 e. The van der Waals surface area contributed by atoms with Crippen LogP contribution in [-0.2, 0) is 15.9 Å². The highest BCUT2D eigenvalue weighted by Gasteiger charge is 2.23. The van der Waals surface area contributed by atoms with Crippen LogP contribution in [0.2, 0.25) is 0 Å². The van der Waals surface area contributed by atoms with Gasteiger partial charge >= 0.3 is 0 Å². The molecular weight excluding hydrogens is 258 g/mol. The predicted octanol–water partition coefficient (Wildman–Crippen LogP) is 2.76. The zero-order chi connectivity index (χ0) is 13.1. The van der Waals surface area contributed by atoms with E-state index in [4.69, 9.17) is 11.6 Å². The van der Waals surface area contributed by atoms with Crippen LogP contribution in [-0.4, -0.2) is 25.8 Å². The van der Waals surface area contributed by atoms with Crippen LogP contribution >= 0.6 is 11.6 Å². The Morgan fingerprint density at radius 3 is 2.29 bits per heavy atom. The van der Waals surface area contributed by atoms with Gasteiger partial charge in [-0.15, -0.1) is 11.6 Å². The highest BCUT2D eigenvalue weighted by Crippen LogP contribution is 2.21. The minimum atomic E-state index is -3.39. The summed E-state index contributed by atoms with van der Waals surface area (Å²) in [5, 5.41) is 0. The first kappa shape index (κ1) is 14.5. The number of hydrogen-bond acceptors (Lipinski definition) is 2. The molecule has 1 aromatic rings. The molecule has 96 valence electrons. The molecular formula is C12H18ClNO2S. The zero-order valence-corrected chi connectivity index (χ0v) is 12.0. The lowest BCUT2D eigenvalue weighted by atomic mass is 10.2. The molecule has 1 aromatic carbocycles. The number of hydrogen-bond donors (Lipinski definition) is 0. The second-order valence-corrected chi connectivity index (χ2v) is 6.00. The molecule has 0 aliphatic heterocycles. The van der Waals surface area contributed by atoms with E-state index in [2.05, 4.69) is 0 Å². The first-order valence-electron chi connectivity index (χ1n) is 5.63. The van der Waals surface area contributed by atoms with Crippen molar-refractivity contribution in [3.05, 3.63) is 29.3 Å². The van der Waals surface area contributed by atoms with Crippen LogP contribution in [0, 0.1) is 6.92 Å². The van der Waals surface area contributed by atoms with Gasteiger partial charge in [0.15, 0.2) is 0 Å². The topological polar surface area (TPSA) is 37.4 Å². The average Bonchev–Trinajstić information content (AvgIpc) is 2.30. The van der Waals surface area contributed by atoms with E-state index in [0.29, 0.717) is 23.9 Å². The van der Waals surface area contributed by atoms with E-state index in [1.54, 1.807) is 19.1 Å². The van der Waals surface area contributed by atoms with Crippen molar-refractivity contribution in [1.29, 1.82) is 0 Å². The normalized spacial score (nSPS) is 12.1. The maximum atomic E-state index is 12.4. The molecule has 3 nitrogen and oxygen atoms in total. The van der Waals surface area contributed by atoms with Crippen molar-refractivity contribution < 1.29 is 8.42 Å². The number of sulfonamides is 1. The summed E-state index contributed by atoms with van der Waals surface area (Å²) in [5.74, 6) is 0.320. The van der Waals surface area contributed by atoms with Crippen molar-refractivity contribution >= 4 is 21.6 Å². The van der Waals surface area contributed by atoms with E-state index < -0.39 is 10.0 Å². The van der Waals surface area contributed by atoms with Crippen LogP contribution in [0.4, 0.5) is 0 Å². The van der Waals surface area contributed by atoms with Crippen LogP contribution in [0.5, 0.6) is 0 Å². The molecule has 0 saturated carbocycles. The van der Waals surface area contributed by atoms with E-state index in [-0.39, 0.29) is 0 Å². The van der Waals surface area contributed by atoms with Crippen LogP contribution < -0.4 is 0 Å². The summed E-state index contributed by atoms with van der Waals surface area (Å²) < 4.78 is 26.2. The van der Waals surface area contributed by atoms with Crippen LogP contribution in [0.25, 0.3) is 0 Å². The van der Waals surface area contributed by atoms with Gasteiger partial charge in [0.05, 0.1) is 4.90 Å². The molecule has 0 radical (unpaired) electrons. The van der Waals surface area contributed by atoms with E-state index in [1.165, 1.54) is 4.31 Å². The van der Waals surface area contributed by atoms with Gasteiger partial charge in [0.25, 0.3) is 0 Å². The van der Waals surface area contributed by atoms with Gasteiger partial charge in [-0.2, -0.15) is 4.31 Å². The Hall–Kier alpha value is -0.580. The van der Waals surface area contributed by atoms with Gasteiger partial charge in [0.2, 0.25) is 10.0 Å². The summed E-state index contributed by atoms with van der Waals surface area (Å²) in [4.78, 5) is 0.361. The summed E-state index contributed by atoms with van der Waals surface area (Å²) in [6.07, 6.45) is 0. The minimum absolute atomic E-state index is 0.320. The lowest BCUT2D eigenvalue weighted by Gasteiger charge is -2.20. The number of nitrogens with zero attached hydrogens (tertiary/aromatic N) is 1. The summed E-state index contributed by atoms with van der Waals surface area (Å²) in [6.45, 7) is 6.42. The second-order valence-electron chi connectivity index (χ2n) is 3.82. The molecule has 1 rings (SSSR count). The third-order valence-electron chi connectivity index (χ3n) is 2.73. The molecule has 0 aliphatic rings. The zero-order valence-electron chi connectivity index (χ0n) is 10.4. The van der Waals surface area contributed by atoms with Gasteiger partial charge in [0, 0.05) is 19.0 Å². The fourth-order valence-electron chi connectivity index (χ4n) is 1.71. The number of aryl methyl sites for hydroxylation is 1. The smallest absolute Gasteiger partial charge is 0.207 e. The van der Waals surface area contributed by atoms with Crippen molar-refractivity contribution in [2.75, 3.05) is 13.1 Å². The SMILES string of the molecule is CCN(CC)S(=O)(=O)c1cc(CCl)ccc1C. The summed E-state index contributed by atoms with van der Waals surface area (Å²) in [5.41, 5.74) is 1.58. The molecule has 5 heteroatoms. The number of halogens is 1. The molecule has 0 heterocycles. The van der Waals surface area contributed by atoms with Crippen LogP contribution in [0.1, 0.15) is 25.0 Å². The van der Waals surface area contributed by atoms with Crippen molar-refractivity contribution in [3.8, 4) is 0 Å². The molecule has 0 aliphatic carbocycles. The van der Waals surface area contributed by atoms with E-state index in [1.807, 2.05) is 19.9 Å². The quantitative estimate of drug-likeness (QED) is 0.775. The monoisotopic (exact) mass is 275 g/mol. The summed E-state index contributed by atoms with van der Waals surface area (Å²) in [7, 11) is -3.39. The fourth-order valence-corrected chi connectivity index (χ4v) is 3.61. The Labute approximate surface area is 108 Å². The lowest BCUT2D eigenvalue weighted by molar-refractivity contribution is 0.445. The Bertz CT molecular complexity index is 481. The largest absolute Gasteiger partial charge is 0.243 e. The number of alkyl halides is 1. The predicted molar refractivity (Wildman–Crippen MR) is 70.8 cm³/mol. The second kappa shape index (κ2) is 5.85. The third kappa shape index (κ3) is 3.00. The first-order chi connectivity index (χ1) is 7.97. The summed E-state index contributed by atoms with van der Waals surface area (Å²) in [6, 6.07) is 5.31. The molecule has 0 bridgehead atoms. The molecule has 0 N–H and O–H groups in total. The van der Waals surface area contributed by atoms with E-state index >= 15 is 0 Å². The Kier molecular flexibility index (Phi) is 4.98. The third-order valence-corrected chi connectivity index (χ3v) is 5.23. The average molecular weight is 276 g/mol. The van der Waals surface area contributed by atoms with Crippen molar-refractivity contribution in [2.24, 2.45) is 0 Å². The van der Waals surface area contributed by atoms with Crippen molar-refractivity contribution in [1.82, 2.24) is 4.31 Å². The summed E-state index contributed by atoms with van der Waals surface area (Å²) >= 11 is 5.74. The Balaban J connectivity index is 3.31. The molecule has 0 aromatic heterocycles. The highest BCUT2D eigenvalue weighted by molar-refractivity contribution is 7.89. The van der Waals surface area contributed by atoms with Gasteiger partial charge < -0.3 is 0 Å².